The molecule has 30 heavy (non-hydrogen) atoms. The molecule has 0 unspecified atom stereocenters. The molecule has 0 spiro atoms. The summed E-state index contributed by atoms with van der Waals surface area (Å²) in [6.45, 7) is 2.11. The quantitative estimate of drug-likeness (QED) is 0.600. The molecule has 0 aliphatic carbocycles. The molecule has 0 saturated carbocycles. The van der Waals surface area contributed by atoms with Crippen LogP contribution in [-0.4, -0.2) is 24.9 Å². The van der Waals surface area contributed by atoms with E-state index in [0.29, 0.717) is 11.5 Å². The van der Waals surface area contributed by atoms with Crippen LogP contribution in [0.5, 0.6) is 17.2 Å². The summed E-state index contributed by atoms with van der Waals surface area (Å²) in [7, 11) is 3.28. The van der Waals surface area contributed by atoms with Crippen molar-refractivity contribution in [2.75, 3.05) is 14.2 Å². The summed E-state index contributed by atoms with van der Waals surface area (Å²) >= 11 is 0. The van der Waals surface area contributed by atoms with E-state index in [-0.39, 0.29) is 12.3 Å². The van der Waals surface area contributed by atoms with E-state index < -0.39 is 0 Å². The van der Waals surface area contributed by atoms with Crippen molar-refractivity contribution in [3.05, 3.63) is 89.0 Å². The third-order valence-corrected chi connectivity index (χ3v) is 5.74. The highest BCUT2D eigenvalue weighted by Gasteiger charge is 2.41. The normalized spacial score (nSPS) is 19.4. The van der Waals surface area contributed by atoms with Gasteiger partial charge in [0.05, 0.1) is 26.0 Å². The van der Waals surface area contributed by atoms with Gasteiger partial charge in [0.15, 0.2) is 11.5 Å². The van der Waals surface area contributed by atoms with Gasteiger partial charge in [0, 0.05) is 17.5 Å². The fourth-order valence-electron chi connectivity index (χ4n) is 4.26. The molecule has 2 aliphatic heterocycles. The fourth-order valence-corrected chi connectivity index (χ4v) is 4.26. The van der Waals surface area contributed by atoms with E-state index in [2.05, 4.69) is 48.3 Å². The molecule has 3 aromatic rings. The summed E-state index contributed by atoms with van der Waals surface area (Å²) in [6.07, 6.45) is 0.500. The molecule has 0 aromatic heterocycles. The summed E-state index contributed by atoms with van der Waals surface area (Å²) < 4.78 is 17.4. The van der Waals surface area contributed by atoms with Crippen molar-refractivity contribution in [1.29, 1.82) is 0 Å². The largest absolute Gasteiger partial charge is 0.493 e. The van der Waals surface area contributed by atoms with E-state index >= 15 is 0 Å². The van der Waals surface area contributed by atoms with E-state index in [1.54, 1.807) is 14.2 Å². The molecule has 0 bridgehead atoms. The minimum absolute atomic E-state index is 0.128. The smallest absolute Gasteiger partial charge is 0.214 e. The molecule has 0 fully saturated rings. The van der Waals surface area contributed by atoms with Gasteiger partial charge in [0.1, 0.15) is 5.75 Å². The molecule has 5 heteroatoms. The van der Waals surface area contributed by atoms with Crippen molar-refractivity contribution in [3.63, 3.8) is 0 Å². The number of hydrazone groups is 1. The molecular formula is C25H24N2O3. The zero-order chi connectivity index (χ0) is 20.7. The Hall–Kier alpha value is -3.47. The summed E-state index contributed by atoms with van der Waals surface area (Å²) in [4.78, 5) is 0. The first kappa shape index (κ1) is 18.6. The van der Waals surface area contributed by atoms with Gasteiger partial charge in [-0.2, -0.15) is 5.10 Å². The number of aryl methyl sites for hydroxylation is 1. The highest BCUT2D eigenvalue weighted by molar-refractivity contribution is 6.02. The van der Waals surface area contributed by atoms with Crippen LogP contribution in [0.25, 0.3) is 0 Å². The van der Waals surface area contributed by atoms with Crippen LogP contribution in [0.15, 0.2) is 71.8 Å². The average molecular weight is 400 g/mol. The van der Waals surface area contributed by atoms with Gasteiger partial charge in [0.2, 0.25) is 6.23 Å². The number of para-hydroxylation sites is 1. The third kappa shape index (κ3) is 3.07. The van der Waals surface area contributed by atoms with Crippen LogP contribution < -0.4 is 14.2 Å². The highest BCUT2D eigenvalue weighted by Crippen LogP contribution is 2.48. The third-order valence-electron chi connectivity index (χ3n) is 5.74. The summed E-state index contributed by atoms with van der Waals surface area (Å²) in [5.74, 6) is 2.27. The maximum absolute atomic E-state index is 6.44. The Balaban J connectivity index is 1.59. The maximum Gasteiger partial charge on any atom is 0.214 e. The molecule has 2 heterocycles. The zero-order valence-electron chi connectivity index (χ0n) is 17.3. The predicted molar refractivity (Wildman–Crippen MR) is 116 cm³/mol. The Labute approximate surface area is 176 Å². The van der Waals surface area contributed by atoms with Gasteiger partial charge < -0.3 is 14.2 Å². The molecule has 2 aliphatic rings. The summed E-state index contributed by atoms with van der Waals surface area (Å²) in [5, 5.41) is 7.11. The Morgan fingerprint density at radius 1 is 0.933 bits per heavy atom. The van der Waals surface area contributed by atoms with E-state index in [1.807, 2.05) is 30.3 Å². The van der Waals surface area contributed by atoms with Crippen LogP contribution in [0.2, 0.25) is 0 Å². The molecular weight excluding hydrogens is 376 g/mol. The molecule has 2 atom stereocenters. The highest BCUT2D eigenvalue weighted by atomic mass is 16.5. The SMILES string of the molecule is COc1ccc([C@H]2Oc3ccccc3[C@@H]3CC(c4cccc(C)c4)=NN23)cc1OC. The van der Waals surface area contributed by atoms with E-state index in [9.17, 15) is 0 Å². The van der Waals surface area contributed by atoms with Gasteiger partial charge in [-0.1, -0.05) is 48.0 Å². The van der Waals surface area contributed by atoms with Crippen LogP contribution in [0.4, 0.5) is 0 Å². The number of hydrogen-bond acceptors (Lipinski definition) is 5. The van der Waals surface area contributed by atoms with Gasteiger partial charge in [-0.15, -0.1) is 0 Å². The number of methoxy groups -OCH3 is 2. The Morgan fingerprint density at radius 2 is 1.77 bits per heavy atom. The van der Waals surface area contributed by atoms with Crippen molar-refractivity contribution >= 4 is 5.71 Å². The molecule has 0 radical (unpaired) electrons. The van der Waals surface area contributed by atoms with Crippen molar-refractivity contribution in [2.24, 2.45) is 5.10 Å². The lowest BCUT2D eigenvalue weighted by Gasteiger charge is -2.38. The van der Waals surface area contributed by atoms with E-state index in [4.69, 9.17) is 19.3 Å². The molecule has 5 rings (SSSR count). The molecule has 5 nitrogen and oxygen atoms in total. The van der Waals surface area contributed by atoms with E-state index in [0.717, 1.165) is 29.0 Å². The van der Waals surface area contributed by atoms with Gasteiger partial charge in [-0.25, -0.2) is 5.01 Å². The number of ether oxygens (including phenoxy) is 3. The number of rotatable bonds is 4. The lowest BCUT2D eigenvalue weighted by Crippen LogP contribution is -2.33. The Kier molecular flexibility index (Phi) is 4.58. The van der Waals surface area contributed by atoms with Gasteiger partial charge in [-0.3, -0.25) is 0 Å². The van der Waals surface area contributed by atoms with E-state index in [1.165, 1.54) is 11.1 Å². The predicted octanol–water partition coefficient (Wildman–Crippen LogP) is 5.25. The molecule has 0 N–H and O–H groups in total. The number of nitrogens with zero attached hydrogens (tertiary/aromatic N) is 2. The minimum Gasteiger partial charge on any atom is -0.493 e. The first-order valence-electron chi connectivity index (χ1n) is 10.1. The topological polar surface area (TPSA) is 43.3 Å². The average Bonchev–Trinajstić information content (AvgIpc) is 3.24. The Morgan fingerprint density at radius 3 is 2.57 bits per heavy atom. The monoisotopic (exact) mass is 400 g/mol. The number of benzene rings is 3. The van der Waals surface area contributed by atoms with Crippen molar-refractivity contribution < 1.29 is 14.2 Å². The first-order valence-corrected chi connectivity index (χ1v) is 10.1. The van der Waals surface area contributed by atoms with Crippen LogP contribution in [0.1, 0.15) is 40.9 Å². The number of fused-ring (bicyclic) bond motifs is 3. The standard InChI is InChI=1S/C25H24N2O3/c1-16-7-6-8-17(13-16)20-15-21-19-9-4-5-10-22(19)30-25(27(21)26-20)18-11-12-23(28-2)24(14-18)29-3/h4-14,21,25H,15H2,1-3H3/t21-,25+/m0/s1. The minimum atomic E-state index is -0.341. The molecule has 3 aromatic carbocycles. The van der Waals surface area contributed by atoms with Gasteiger partial charge in [0.25, 0.3) is 0 Å². The van der Waals surface area contributed by atoms with Crippen LogP contribution in [-0.2, 0) is 0 Å². The lowest BCUT2D eigenvalue weighted by atomic mass is 9.95. The molecule has 0 saturated heterocycles. The molecule has 152 valence electrons. The lowest BCUT2D eigenvalue weighted by molar-refractivity contribution is -0.0191. The first-order chi connectivity index (χ1) is 14.7. The zero-order valence-corrected chi connectivity index (χ0v) is 17.3. The van der Waals surface area contributed by atoms with Crippen molar-refractivity contribution in [3.8, 4) is 17.2 Å². The van der Waals surface area contributed by atoms with Gasteiger partial charge >= 0.3 is 0 Å². The second kappa shape index (κ2) is 7.41. The number of hydrogen-bond donors (Lipinski definition) is 0. The fraction of sp³-hybridized carbons (Fsp3) is 0.240. The maximum atomic E-state index is 6.44. The van der Waals surface area contributed by atoms with Crippen molar-refractivity contribution in [2.45, 2.75) is 25.6 Å². The van der Waals surface area contributed by atoms with Crippen molar-refractivity contribution in [1.82, 2.24) is 5.01 Å². The molecule has 0 amide bonds. The second-order valence-electron chi connectivity index (χ2n) is 7.64. The summed E-state index contributed by atoms with van der Waals surface area (Å²) in [6, 6.07) is 22.8. The Bertz CT molecular complexity index is 1120. The second-order valence-corrected chi connectivity index (χ2v) is 7.64. The van der Waals surface area contributed by atoms with Crippen LogP contribution in [0.3, 0.4) is 0 Å². The van der Waals surface area contributed by atoms with Gasteiger partial charge in [-0.05, 0) is 36.8 Å². The van der Waals surface area contributed by atoms with Crippen LogP contribution in [0, 0.1) is 6.92 Å². The summed E-state index contributed by atoms with van der Waals surface area (Å²) in [5.41, 5.74) is 5.61. The van der Waals surface area contributed by atoms with Crippen LogP contribution >= 0.6 is 0 Å².